The highest BCUT2D eigenvalue weighted by Crippen LogP contribution is 2.32. The Morgan fingerprint density at radius 3 is 2.78 bits per heavy atom. The minimum atomic E-state index is 0.277. The number of nitrogens with zero attached hydrogens (tertiary/aromatic N) is 5. The molecule has 3 rings (SSSR count). The summed E-state index contributed by atoms with van der Waals surface area (Å²) in [4.78, 5) is 2.33. The smallest absolute Gasteiger partial charge is 0.170 e. The summed E-state index contributed by atoms with van der Waals surface area (Å²) in [7, 11) is 1.82. The second kappa shape index (κ2) is 7.14. The predicted molar refractivity (Wildman–Crippen MR) is 89.6 cm³/mol. The SMILES string of the molecule is Cn1nnnc1CNc1cc(Cl)ccc1N1CCC(CO)CC1. The summed E-state index contributed by atoms with van der Waals surface area (Å²) in [6.07, 6.45) is 2.01. The van der Waals surface area contributed by atoms with Crippen molar-refractivity contribution >= 4 is 23.0 Å². The molecule has 1 aliphatic heterocycles. The van der Waals surface area contributed by atoms with Crippen LogP contribution in [0, 0.1) is 5.92 Å². The summed E-state index contributed by atoms with van der Waals surface area (Å²) in [5.41, 5.74) is 2.10. The third-order valence-electron chi connectivity index (χ3n) is 4.32. The fraction of sp³-hybridized carbons (Fsp3) is 0.533. The Bertz CT molecular complexity index is 653. The zero-order chi connectivity index (χ0) is 16.2. The summed E-state index contributed by atoms with van der Waals surface area (Å²) in [6.45, 7) is 2.68. The Hall–Kier alpha value is -1.86. The van der Waals surface area contributed by atoms with Crippen molar-refractivity contribution in [1.82, 2.24) is 20.2 Å². The molecule has 0 atom stereocenters. The van der Waals surface area contributed by atoms with E-state index in [2.05, 4.69) is 25.7 Å². The molecule has 1 aliphatic rings. The highest BCUT2D eigenvalue weighted by Gasteiger charge is 2.20. The van der Waals surface area contributed by atoms with Gasteiger partial charge < -0.3 is 15.3 Å². The molecule has 8 heteroatoms. The summed E-state index contributed by atoms with van der Waals surface area (Å²) in [5.74, 6) is 1.18. The molecular formula is C15H21ClN6O. The average molecular weight is 337 g/mol. The molecule has 2 heterocycles. The molecule has 23 heavy (non-hydrogen) atoms. The summed E-state index contributed by atoms with van der Waals surface area (Å²) in [6, 6.07) is 5.88. The van der Waals surface area contributed by atoms with Crippen molar-refractivity contribution in [2.45, 2.75) is 19.4 Å². The van der Waals surface area contributed by atoms with Gasteiger partial charge in [-0.3, -0.25) is 0 Å². The van der Waals surface area contributed by atoms with E-state index in [0.29, 0.717) is 17.5 Å². The molecule has 0 amide bonds. The Morgan fingerprint density at radius 1 is 1.35 bits per heavy atom. The van der Waals surface area contributed by atoms with Crippen LogP contribution in [-0.2, 0) is 13.6 Å². The Labute approximate surface area is 140 Å². The molecule has 0 bridgehead atoms. The van der Waals surface area contributed by atoms with Gasteiger partial charge in [-0.05, 0) is 47.4 Å². The first-order valence-corrected chi connectivity index (χ1v) is 8.15. The van der Waals surface area contributed by atoms with E-state index >= 15 is 0 Å². The van der Waals surface area contributed by atoms with E-state index in [1.165, 1.54) is 0 Å². The predicted octanol–water partition coefficient (Wildman–Crippen LogP) is 1.68. The van der Waals surface area contributed by atoms with Crippen LogP contribution >= 0.6 is 11.6 Å². The molecule has 1 aromatic heterocycles. The average Bonchev–Trinajstić information content (AvgIpc) is 2.98. The topological polar surface area (TPSA) is 79.1 Å². The first kappa shape index (κ1) is 16.0. The van der Waals surface area contributed by atoms with Crippen molar-refractivity contribution in [3.8, 4) is 0 Å². The lowest BCUT2D eigenvalue weighted by Crippen LogP contribution is -2.35. The fourth-order valence-electron chi connectivity index (χ4n) is 2.85. The second-order valence-electron chi connectivity index (χ2n) is 5.85. The van der Waals surface area contributed by atoms with Crippen molar-refractivity contribution in [3.05, 3.63) is 29.0 Å². The van der Waals surface area contributed by atoms with Crippen LogP contribution in [0.15, 0.2) is 18.2 Å². The summed E-state index contributed by atoms with van der Waals surface area (Å²) < 4.78 is 1.64. The molecule has 0 unspecified atom stereocenters. The van der Waals surface area contributed by atoms with Gasteiger partial charge in [-0.25, -0.2) is 4.68 Å². The molecule has 2 N–H and O–H groups in total. The molecule has 124 valence electrons. The third-order valence-corrected chi connectivity index (χ3v) is 4.55. The molecular weight excluding hydrogens is 316 g/mol. The number of nitrogens with one attached hydrogen (secondary N) is 1. The normalized spacial score (nSPS) is 15.9. The highest BCUT2D eigenvalue weighted by atomic mass is 35.5. The quantitative estimate of drug-likeness (QED) is 0.865. The molecule has 0 aliphatic carbocycles. The van der Waals surface area contributed by atoms with Crippen molar-refractivity contribution in [2.24, 2.45) is 13.0 Å². The van der Waals surface area contributed by atoms with Gasteiger partial charge in [0.25, 0.3) is 0 Å². The number of tetrazole rings is 1. The number of rotatable bonds is 5. The number of halogens is 1. The van der Waals surface area contributed by atoms with E-state index in [-0.39, 0.29) is 6.61 Å². The number of aryl methyl sites for hydroxylation is 1. The van der Waals surface area contributed by atoms with Gasteiger partial charge in [0.05, 0.1) is 17.9 Å². The lowest BCUT2D eigenvalue weighted by Gasteiger charge is -2.34. The molecule has 7 nitrogen and oxygen atoms in total. The molecule has 0 spiro atoms. The first-order chi connectivity index (χ1) is 11.2. The minimum absolute atomic E-state index is 0.277. The third kappa shape index (κ3) is 3.73. The van der Waals surface area contributed by atoms with Crippen LogP contribution in [0.25, 0.3) is 0 Å². The van der Waals surface area contributed by atoms with E-state index in [0.717, 1.165) is 43.1 Å². The van der Waals surface area contributed by atoms with Crippen LogP contribution in [0.4, 0.5) is 11.4 Å². The molecule has 1 saturated heterocycles. The zero-order valence-electron chi connectivity index (χ0n) is 13.1. The molecule has 1 fully saturated rings. The number of benzene rings is 1. The van der Waals surface area contributed by atoms with E-state index in [1.807, 2.05) is 25.2 Å². The van der Waals surface area contributed by atoms with Crippen LogP contribution in [0.3, 0.4) is 0 Å². The zero-order valence-corrected chi connectivity index (χ0v) is 13.9. The number of aliphatic hydroxyl groups is 1. The van der Waals surface area contributed by atoms with Crippen molar-refractivity contribution < 1.29 is 5.11 Å². The van der Waals surface area contributed by atoms with Gasteiger partial charge in [-0.1, -0.05) is 11.6 Å². The van der Waals surface area contributed by atoms with Crippen LogP contribution in [-0.4, -0.2) is 45.0 Å². The number of piperidine rings is 1. The number of aliphatic hydroxyl groups excluding tert-OH is 1. The Morgan fingerprint density at radius 2 is 2.13 bits per heavy atom. The van der Waals surface area contributed by atoms with Crippen LogP contribution in [0.5, 0.6) is 0 Å². The minimum Gasteiger partial charge on any atom is -0.396 e. The maximum absolute atomic E-state index is 9.29. The highest BCUT2D eigenvalue weighted by molar-refractivity contribution is 6.31. The number of hydrogen-bond acceptors (Lipinski definition) is 6. The van der Waals surface area contributed by atoms with E-state index in [4.69, 9.17) is 11.6 Å². The van der Waals surface area contributed by atoms with Gasteiger partial charge in [-0.2, -0.15) is 0 Å². The lowest BCUT2D eigenvalue weighted by atomic mass is 9.97. The molecule has 2 aromatic rings. The van der Waals surface area contributed by atoms with E-state index < -0.39 is 0 Å². The van der Waals surface area contributed by atoms with Crippen molar-refractivity contribution in [1.29, 1.82) is 0 Å². The largest absolute Gasteiger partial charge is 0.396 e. The monoisotopic (exact) mass is 336 g/mol. The van der Waals surface area contributed by atoms with Crippen molar-refractivity contribution in [2.75, 3.05) is 29.9 Å². The lowest BCUT2D eigenvalue weighted by molar-refractivity contribution is 0.203. The fourth-order valence-corrected chi connectivity index (χ4v) is 3.03. The van der Waals surface area contributed by atoms with Crippen LogP contribution < -0.4 is 10.2 Å². The molecule has 0 saturated carbocycles. The number of hydrogen-bond donors (Lipinski definition) is 2. The van der Waals surface area contributed by atoms with Gasteiger partial charge in [0.1, 0.15) is 0 Å². The van der Waals surface area contributed by atoms with E-state index in [1.54, 1.807) is 4.68 Å². The maximum Gasteiger partial charge on any atom is 0.170 e. The van der Waals surface area contributed by atoms with Gasteiger partial charge in [0.15, 0.2) is 5.82 Å². The first-order valence-electron chi connectivity index (χ1n) is 7.78. The summed E-state index contributed by atoms with van der Waals surface area (Å²) in [5, 5.41) is 24.8. The maximum atomic E-state index is 9.29. The number of anilines is 2. The summed E-state index contributed by atoms with van der Waals surface area (Å²) >= 11 is 6.16. The standard InChI is InChI=1S/C15H21ClN6O/c1-21-15(18-19-20-21)9-17-13-8-12(16)2-3-14(13)22-6-4-11(10-23)5-7-22/h2-3,8,11,17,23H,4-7,9-10H2,1H3. The van der Waals surface area contributed by atoms with Gasteiger partial charge in [0.2, 0.25) is 0 Å². The Balaban J connectivity index is 1.74. The van der Waals surface area contributed by atoms with E-state index in [9.17, 15) is 5.11 Å². The molecule has 0 radical (unpaired) electrons. The molecule has 1 aromatic carbocycles. The van der Waals surface area contributed by atoms with Gasteiger partial charge >= 0.3 is 0 Å². The van der Waals surface area contributed by atoms with Gasteiger partial charge in [-0.15, -0.1) is 5.10 Å². The van der Waals surface area contributed by atoms with Crippen LogP contribution in [0.2, 0.25) is 5.02 Å². The Kier molecular flexibility index (Phi) is 4.97. The second-order valence-corrected chi connectivity index (χ2v) is 6.28. The van der Waals surface area contributed by atoms with Crippen molar-refractivity contribution in [3.63, 3.8) is 0 Å². The number of aromatic nitrogens is 4. The van der Waals surface area contributed by atoms with Crippen LogP contribution in [0.1, 0.15) is 18.7 Å². The van der Waals surface area contributed by atoms with Gasteiger partial charge in [0, 0.05) is 31.8 Å².